The maximum atomic E-state index is 12.6. The second-order valence-electron chi connectivity index (χ2n) is 5.37. The molecule has 0 radical (unpaired) electrons. The molecule has 0 N–H and O–H groups in total. The molecule has 0 aliphatic heterocycles. The maximum Gasteiger partial charge on any atom is 0.255 e. The minimum absolute atomic E-state index is 0.0296. The van der Waals surface area contributed by atoms with Gasteiger partial charge in [-0.1, -0.05) is 19.3 Å². The van der Waals surface area contributed by atoms with Crippen molar-refractivity contribution in [2.45, 2.75) is 52.0 Å². The van der Waals surface area contributed by atoms with Crippen molar-refractivity contribution in [3.63, 3.8) is 0 Å². The Morgan fingerprint density at radius 3 is 2.45 bits per heavy atom. The van der Waals surface area contributed by atoms with E-state index in [1.165, 1.54) is 32.4 Å². The van der Waals surface area contributed by atoms with Crippen LogP contribution in [0.1, 0.15) is 66.8 Å². The molecule has 108 valence electrons. The number of pyridine rings is 1. The molecule has 0 aromatic carbocycles. The Kier molecular flexibility index (Phi) is 4.88. The second-order valence-corrected chi connectivity index (χ2v) is 5.37. The van der Waals surface area contributed by atoms with Gasteiger partial charge in [-0.25, -0.2) is 0 Å². The summed E-state index contributed by atoms with van der Waals surface area (Å²) >= 11 is 0. The van der Waals surface area contributed by atoms with Crippen LogP contribution in [0.5, 0.6) is 0 Å². The number of amides is 1. The summed E-state index contributed by atoms with van der Waals surface area (Å²) in [6.45, 7) is 4.21. The first-order valence-electron chi connectivity index (χ1n) is 7.41. The summed E-state index contributed by atoms with van der Waals surface area (Å²) in [5, 5.41) is 0. The summed E-state index contributed by atoms with van der Waals surface area (Å²) in [6, 6.07) is 3.69. The average molecular weight is 274 g/mol. The molecule has 1 aromatic heterocycles. The van der Waals surface area contributed by atoms with Gasteiger partial charge in [0.15, 0.2) is 5.78 Å². The van der Waals surface area contributed by atoms with Gasteiger partial charge in [0.1, 0.15) is 5.69 Å². The van der Waals surface area contributed by atoms with Crippen molar-refractivity contribution < 1.29 is 9.59 Å². The van der Waals surface area contributed by atoms with Crippen LogP contribution in [-0.4, -0.2) is 34.2 Å². The Bertz CT molecular complexity index is 476. The number of carbonyl (C=O) groups excluding carboxylic acids is 2. The minimum atomic E-state index is -0.0800. The lowest BCUT2D eigenvalue weighted by atomic mass is 9.94. The zero-order valence-electron chi connectivity index (χ0n) is 12.3. The Balaban J connectivity index is 2.13. The van der Waals surface area contributed by atoms with E-state index in [4.69, 9.17) is 0 Å². The van der Waals surface area contributed by atoms with Crippen LogP contribution in [0.25, 0.3) is 0 Å². The van der Waals surface area contributed by atoms with Crippen LogP contribution in [-0.2, 0) is 0 Å². The molecule has 1 amide bonds. The molecule has 1 saturated carbocycles. The number of rotatable bonds is 4. The number of carbonyl (C=O) groups is 2. The molecule has 1 aliphatic carbocycles. The number of ketones is 1. The van der Waals surface area contributed by atoms with E-state index in [2.05, 4.69) is 4.98 Å². The van der Waals surface area contributed by atoms with Crippen molar-refractivity contribution in [2.24, 2.45) is 0 Å². The first kappa shape index (κ1) is 14.7. The van der Waals surface area contributed by atoms with E-state index in [-0.39, 0.29) is 11.7 Å². The van der Waals surface area contributed by atoms with E-state index < -0.39 is 0 Å². The van der Waals surface area contributed by atoms with Crippen molar-refractivity contribution in [2.75, 3.05) is 6.54 Å². The summed E-state index contributed by atoms with van der Waals surface area (Å²) in [5.41, 5.74) is 0.977. The van der Waals surface area contributed by atoms with Crippen LogP contribution in [0.2, 0.25) is 0 Å². The van der Waals surface area contributed by atoms with Crippen LogP contribution < -0.4 is 0 Å². The number of hydrogen-bond donors (Lipinski definition) is 0. The summed E-state index contributed by atoms with van der Waals surface area (Å²) in [6.07, 6.45) is 7.39. The van der Waals surface area contributed by atoms with Gasteiger partial charge in [0, 0.05) is 25.7 Å². The summed E-state index contributed by atoms with van der Waals surface area (Å²) in [5.74, 6) is -0.0503. The number of Topliss-reactive ketones (excluding diaryl/α,β-unsaturated/α-hetero) is 1. The van der Waals surface area contributed by atoms with Gasteiger partial charge < -0.3 is 4.90 Å². The first-order valence-corrected chi connectivity index (χ1v) is 7.41. The van der Waals surface area contributed by atoms with Gasteiger partial charge in [0.25, 0.3) is 5.91 Å². The van der Waals surface area contributed by atoms with E-state index in [0.717, 1.165) is 19.4 Å². The summed E-state index contributed by atoms with van der Waals surface area (Å²) in [7, 11) is 0. The molecule has 1 aliphatic rings. The molecular weight excluding hydrogens is 252 g/mol. The molecule has 1 heterocycles. The van der Waals surface area contributed by atoms with Gasteiger partial charge in [0.2, 0.25) is 0 Å². The molecule has 0 saturated heterocycles. The van der Waals surface area contributed by atoms with E-state index in [0.29, 0.717) is 17.3 Å². The lowest BCUT2D eigenvalue weighted by Crippen LogP contribution is -2.41. The van der Waals surface area contributed by atoms with Gasteiger partial charge in [0.05, 0.1) is 5.56 Å². The largest absolute Gasteiger partial charge is 0.336 e. The van der Waals surface area contributed by atoms with Crippen LogP contribution in [0.15, 0.2) is 18.3 Å². The normalized spacial score (nSPS) is 15.9. The molecule has 20 heavy (non-hydrogen) atoms. The summed E-state index contributed by atoms with van der Waals surface area (Å²) < 4.78 is 0. The fraction of sp³-hybridized carbons (Fsp3) is 0.562. The van der Waals surface area contributed by atoms with Crippen molar-refractivity contribution in [3.05, 3.63) is 29.6 Å². The van der Waals surface area contributed by atoms with Gasteiger partial charge >= 0.3 is 0 Å². The molecule has 1 aromatic rings. The molecule has 0 bridgehead atoms. The fourth-order valence-corrected chi connectivity index (χ4v) is 2.85. The van der Waals surface area contributed by atoms with Crippen molar-refractivity contribution in [3.8, 4) is 0 Å². The highest BCUT2D eigenvalue weighted by molar-refractivity contribution is 5.96. The second kappa shape index (κ2) is 6.64. The topological polar surface area (TPSA) is 50.3 Å². The van der Waals surface area contributed by atoms with Gasteiger partial charge in [-0.3, -0.25) is 14.6 Å². The highest BCUT2D eigenvalue weighted by Crippen LogP contribution is 2.23. The molecule has 0 unspecified atom stereocenters. The van der Waals surface area contributed by atoms with Crippen LogP contribution in [0.4, 0.5) is 0 Å². The fourth-order valence-electron chi connectivity index (χ4n) is 2.85. The standard InChI is InChI=1S/C16H22N2O2/c1-3-18(14-7-5-4-6-8-14)16(20)13-9-10-15(12(2)19)17-11-13/h9-11,14H,3-8H2,1-2H3. The smallest absolute Gasteiger partial charge is 0.255 e. The monoisotopic (exact) mass is 274 g/mol. The van der Waals surface area contributed by atoms with Crippen molar-refractivity contribution in [1.82, 2.24) is 9.88 Å². The minimum Gasteiger partial charge on any atom is -0.336 e. The van der Waals surface area contributed by atoms with E-state index >= 15 is 0 Å². The number of aromatic nitrogens is 1. The third-order valence-corrected chi connectivity index (χ3v) is 3.99. The predicted molar refractivity (Wildman–Crippen MR) is 77.8 cm³/mol. The quantitative estimate of drug-likeness (QED) is 0.793. The van der Waals surface area contributed by atoms with Crippen molar-refractivity contribution in [1.29, 1.82) is 0 Å². The predicted octanol–water partition coefficient (Wildman–Crippen LogP) is 3.08. The maximum absolute atomic E-state index is 12.6. The Labute approximate surface area is 120 Å². The molecule has 1 fully saturated rings. The molecule has 2 rings (SSSR count). The van der Waals surface area contributed by atoms with Gasteiger partial charge in [-0.05, 0) is 31.9 Å². The summed E-state index contributed by atoms with van der Waals surface area (Å²) in [4.78, 5) is 29.8. The van der Waals surface area contributed by atoms with Crippen LogP contribution >= 0.6 is 0 Å². The highest BCUT2D eigenvalue weighted by atomic mass is 16.2. The Morgan fingerprint density at radius 1 is 1.25 bits per heavy atom. The molecule has 0 spiro atoms. The third kappa shape index (κ3) is 3.24. The Morgan fingerprint density at radius 2 is 1.95 bits per heavy atom. The molecule has 0 atom stereocenters. The van der Waals surface area contributed by atoms with Gasteiger partial charge in [-0.15, -0.1) is 0 Å². The molecule has 4 nitrogen and oxygen atoms in total. The van der Waals surface area contributed by atoms with Crippen LogP contribution in [0, 0.1) is 0 Å². The molecule has 4 heteroatoms. The van der Waals surface area contributed by atoms with E-state index in [1.807, 2.05) is 11.8 Å². The third-order valence-electron chi connectivity index (χ3n) is 3.99. The van der Waals surface area contributed by atoms with E-state index in [9.17, 15) is 9.59 Å². The lowest BCUT2D eigenvalue weighted by Gasteiger charge is -2.33. The Hall–Kier alpha value is -1.71. The van der Waals surface area contributed by atoms with Crippen LogP contribution in [0.3, 0.4) is 0 Å². The highest BCUT2D eigenvalue weighted by Gasteiger charge is 2.25. The van der Waals surface area contributed by atoms with E-state index in [1.54, 1.807) is 12.1 Å². The zero-order chi connectivity index (χ0) is 14.5. The number of hydrogen-bond acceptors (Lipinski definition) is 3. The lowest BCUT2D eigenvalue weighted by molar-refractivity contribution is 0.0647. The van der Waals surface area contributed by atoms with Gasteiger partial charge in [-0.2, -0.15) is 0 Å². The SMILES string of the molecule is CCN(C(=O)c1ccc(C(C)=O)nc1)C1CCCCC1. The molecular formula is C16H22N2O2. The first-order chi connectivity index (χ1) is 9.63. The number of nitrogens with zero attached hydrogens (tertiary/aromatic N) is 2. The zero-order valence-corrected chi connectivity index (χ0v) is 12.3. The average Bonchev–Trinajstić information content (AvgIpc) is 2.49. The van der Waals surface area contributed by atoms with Crippen molar-refractivity contribution >= 4 is 11.7 Å².